The predicted molar refractivity (Wildman–Crippen MR) is 64.0 cm³/mol. The van der Waals surface area contributed by atoms with E-state index in [2.05, 4.69) is 5.43 Å². The van der Waals surface area contributed by atoms with Crippen LogP contribution in [0.3, 0.4) is 0 Å². The minimum atomic E-state index is -0.393. The van der Waals surface area contributed by atoms with Gasteiger partial charge < -0.3 is 4.42 Å². The molecule has 2 aromatic rings. The van der Waals surface area contributed by atoms with Crippen LogP contribution in [0.15, 0.2) is 34.9 Å². The van der Waals surface area contributed by atoms with E-state index in [-0.39, 0.29) is 11.0 Å². The van der Waals surface area contributed by atoms with Gasteiger partial charge in [-0.05, 0) is 47.9 Å². The molecule has 1 atom stereocenters. The summed E-state index contributed by atoms with van der Waals surface area (Å²) in [5.41, 5.74) is 4.81. The van der Waals surface area contributed by atoms with Crippen LogP contribution in [0.1, 0.15) is 22.7 Å². The Morgan fingerprint density at radius 3 is 2.71 bits per heavy atom. The summed E-state index contributed by atoms with van der Waals surface area (Å²) in [4.78, 5) is 0. The van der Waals surface area contributed by atoms with Gasteiger partial charge in [0.15, 0.2) is 5.22 Å². The average molecular weight is 255 g/mol. The number of rotatable bonds is 3. The third kappa shape index (κ3) is 2.49. The number of nitrogens with two attached hydrogens (primary N) is 1. The molecule has 0 radical (unpaired) electrons. The van der Waals surface area contributed by atoms with Crippen molar-refractivity contribution in [2.45, 2.75) is 13.0 Å². The lowest BCUT2D eigenvalue weighted by atomic mass is 10.00. The number of benzene rings is 1. The normalized spacial score (nSPS) is 12.7. The Bertz CT molecular complexity index is 507. The highest BCUT2D eigenvalue weighted by Crippen LogP contribution is 2.29. The van der Waals surface area contributed by atoms with Crippen molar-refractivity contribution in [2.24, 2.45) is 5.84 Å². The van der Waals surface area contributed by atoms with E-state index >= 15 is 0 Å². The molecular formula is C12H12ClFN2O. The zero-order valence-electron chi connectivity index (χ0n) is 9.21. The van der Waals surface area contributed by atoms with Crippen LogP contribution < -0.4 is 11.3 Å². The minimum absolute atomic E-state index is 0.245. The van der Waals surface area contributed by atoms with Gasteiger partial charge in [0.05, 0.1) is 12.3 Å². The summed E-state index contributed by atoms with van der Waals surface area (Å²) in [6.07, 6.45) is 1.47. The fraction of sp³-hybridized carbons (Fsp3) is 0.167. The molecule has 2 rings (SSSR count). The lowest BCUT2D eigenvalue weighted by molar-refractivity contribution is 0.554. The zero-order valence-corrected chi connectivity index (χ0v) is 9.96. The monoisotopic (exact) mass is 254 g/mol. The van der Waals surface area contributed by atoms with Crippen molar-refractivity contribution in [2.75, 3.05) is 0 Å². The molecule has 3 nitrogen and oxygen atoms in total. The topological polar surface area (TPSA) is 51.2 Å². The number of hydrazine groups is 1. The summed E-state index contributed by atoms with van der Waals surface area (Å²) < 4.78 is 18.3. The van der Waals surface area contributed by atoms with Gasteiger partial charge in [0.1, 0.15) is 5.82 Å². The Hall–Kier alpha value is -1.36. The van der Waals surface area contributed by atoms with Crippen LogP contribution in [0.4, 0.5) is 4.39 Å². The molecule has 0 aliphatic carbocycles. The molecule has 1 unspecified atom stereocenters. The van der Waals surface area contributed by atoms with E-state index in [0.29, 0.717) is 11.1 Å². The number of halogens is 2. The number of hydrogen-bond acceptors (Lipinski definition) is 3. The van der Waals surface area contributed by atoms with Crippen molar-refractivity contribution in [3.63, 3.8) is 0 Å². The SMILES string of the molecule is Cc1cc(F)cc(C(NN)c2ccoc2Cl)c1. The maximum atomic E-state index is 13.3. The van der Waals surface area contributed by atoms with E-state index in [1.807, 2.05) is 13.0 Å². The molecule has 1 aromatic heterocycles. The van der Waals surface area contributed by atoms with Gasteiger partial charge in [0.2, 0.25) is 0 Å². The van der Waals surface area contributed by atoms with Crippen LogP contribution in [-0.4, -0.2) is 0 Å². The van der Waals surface area contributed by atoms with Gasteiger partial charge >= 0.3 is 0 Å². The molecule has 0 saturated heterocycles. The van der Waals surface area contributed by atoms with Gasteiger partial charge in [-0.3, -0.25) is 5.84 Å². The van der Waals surface area contributed by atoms with Gasteiger partial charge in [0.25, 0.3) is 0 Å². The third-order valence-corrected chi connectivity index (χ3v) is 2.83. The Labute approximate surface area is 103 Å². The average Bonchev–Trinajstić information content (AvgIpc) is 2.65. The van der Waals surface area contributed by atoms with Gasteiger partial charge in [0, 0.05) is 5.56 Å². The Balaban J connectivity index is 2.45. The molecule has 5 heteroatoms. The largest absolute Gasteiger partial charge is 0.453 e. The molecule has 0 spiro atoms. The molecule has 1 aromatic carbocycles. The van der Waals surface area contributed by atoms with E-state index in [0.717, 1.165) is 5.56 Å². The highest BCUT2D eigenvalue weighted by Gasteiger charge is 2.18. The first-order valence-corrected chi connectivity index (χ1v) is 5.45. The molecule has 0 amide bonds. The Morgan fingerprint density at radius 2 is 2.18 bits per heavy atom. The lowest BCUT2D eigenvalue weighted by Gasteiger charge is -2.16. The summed E-state index contributed by atoms with van der Waals surface area (Å²) in [5.74, 6) is 5.19. The molecule has 0 aliphatic rings. The Morgan fingerprint density at radius 1 is 1.41 bits per heavy atom. The maximum absolute atomic E-state index is 13.3. The third-order valence-electron chi connectivity index (χ3n) is 2.52. The standard InChI is InChI=1S/C12H12ClFN2O/c1-7-4-8(6-9(14)5-7)11(16-15)10-2-3-17-12(10)13/h2-6,11,16H,15H2,1H3. The molecule has 3 N–H and O–H groups in total. The highest BCUT2D eigenvalue weighted by molar-refractivity contribution is 6.29. The van der Waals surface area contributed by atoms with Crippen molar-refractivity contribution in [1.82, 2.24) is 5.43 Å². The van der Waals surface area contributed by atoms with Crippen LogP contribution >= 0.6 is 11.6 Å². The van der Waals surface area contributed by atoms with Gasteiger partial charge in [-0.1, -0.05) is 6.07 Å². The van der Waals surface area contributed by atoms with E-state index in [1.54, 1.807) is 6.07 Å². The van der Waals surface area contributed by atoms with Crippen molar-refractivity contribution in [3.8, 4) is 0 Å². The van der Waals surface area contributed by atoms with Crippen molar-refractivity contribution >= 4 is 11.6 Å². The van der Waals surface area contributed by atoms with E-state index < -0.39 is 6.04 Å². The van der Waals surface area contributed by atoms with Crippen LogP contribution in [0, 0.1) is 12.7 Å². The molecule has 90 valence electrons. The molecular weight excluding hydrogens is 243 g/mol. The first-order valence-electron chi connectivity index (χ1n) is 5.08. The molecule has 17 heavy (non-hydrogen) atoms. The quantitative estimate of drug-likeness (QED) is 0.654. The van der Waals surface area contributed by atoms with Gasteiger partial charge in [-0.15, -0.1) is 0 Å². The van der Waals surface area contributed by atoms with Crippen molar-refractivity contribution < 1.29 is 8.81 Å². The number of hydrogen-bond donors (Lipinski definition) is 2. The van der Waals surface area contributed by atoms with E-state index in [4.69, 9.17) is 21.9 Å². The zero-order chi connectivity index (χ0) is 12.4. The van der Waals surface area contributed by atoms with Crippen LogP contribution in [0.5, 0.6) is 0 Å². The molecule has 0 fully saturated rings. The summed E-state index contributed by atoms with van der Waals surface area (Å²) in [6.45, 7) is 1.82. The molecule has 0 bridgehead atoms. The van der Waals surface area contributed by atoms with Gasteiger partial charge in [-0.25, -0.2) is 9.82 Å². The van der Waals surface area contributed by atoms with Crippen molar-refractivity contribution in [3.05, 3.63) is 58.3 Å². The first kappa shape index (κ1) is 12.1. The summed E-state index contributed by atoms with van der Waals surface area (Å²) in [7, 11) is 0. The molecule has 0 saturated carbocycles. The van der Waals surface area contributed by atoms with Crippen LogP contribution in [0.25, 0.3) is 0 Å². The predicted octanol–water partition coefficient (Wildman–Crippen LogP) is 2.93. The van der Waals surface area contributed by atoms with Crippen LogP contribution in [-0.2, 0) is 0 Å². The fourth-order valence-electron chi connectivity index (χ4n) is 1.81. The summed E-state index contributed by atoms with van der Waals surface area (Å²) in [6, 6.07) is 6.02. The first-order chi connectivity index (χ1) is 8.11. The number of furan rings is 1. The lowest BCUT2D eigenvalue weighted by Crippen LogP contribution is -2.28. The summed E-state index contributed by atoms with van der Waals surface area (Å²) in [5, 5.41) is 0.245. The molecule has 1 heterocycles. The van der Waals surface area contributed by atoms with Crippen LogP contribution in [0.2, 0.25) is 5.22 Å². The molecule has 0 aliphatic heterocycles. The highest BCUT2D eigenvalue weighted by atomic mass is 35.5. The van der Waals surface area contributed by atoms with Crippen molar-refractivity contribution in [1.29, 1.82) is 0 Å². The van der Waals surface area contributed by atoms with E-state index in [1.165, 1.54) is 18.4 Å². The second kappa shape index (κ2) is 4.87. The number of nitrogens with one attached hydrogen (secondary N) is 1. The van der Waals surface area contributed by atoms with Gasteiger partial charge in [-0.2, -0.15) is 0 Å². The Kier molecular flexibility index (Phi) is 3.47. The fourth-order valence-corrected chi connectivity index (χ4v) is 2.03. The van der Waals surface area contributed by atoms with E-state index in [9.17, 15) is 4.39 Å². The summed E-state index contributed by atoms with van der Waals surface area (Å²) >= 11 is 5.89. The maximum Gasteiger partial charge on any atom is 0.198 e. The smallest absolute Gasteiger partial charge is 0.198 e. The second-order valence-electron chi connectivity index (χ2n) is 3.81. The number of aryl methyl sites for hydroxylation is 1. The minimum Gasteiger partial charge on any atom is -0.453 e. The second-order valence-corrected chi connectivity index (χ2v) is 4.15.